The summed E-state index contributed by atoms with van der Waals surface area (Å²) in [6.45, 7) is 0.306. The van der Waals surface area contributed by atoms with Crippen molar-refractivity contribution in [1.29, 1.82) is 0 Å². The van der Waals surface area contributed by atoms with Crippen LogP contribution in [0.25, 0.3) is 11.1 Å². The molecule has 2 aliphatic rings. The van der Waals surface area contributed by atoms with Crippen LogP contribution in [0.4, 0.5) is 13.2 Å². The summed E-state index contributed by atoms with van der Waals surface area (Å²) in [4.78, 5) is 40.1. The van der Waals surface area contributed by atoms with Crippen molar-refractivity contribution in [3.05, 3.63) is 101 Å². The van der Waals surface area contributed by atoms with Crippen LogP contribution in [0.1, 0.15) is 58.8 Å². The van der Waals surface area contributed by atoms with E-state index in [2.05, 4.69) is 6.08 Å². The average Bonchev–Trinajstić information content (AvgIpc) is 3.44. The molecule has 1 heterocycles. The van der Waals surface area contributed by atoms with Crippen LogP contribution >= 0.6 is 0 Å². The van der Waals surface area contributed by atoms with E-state index in [1.54, 1.807) is 42.5 Å². The smallest absolute Gasteiger partial charge is 0.416 e. The molecule has 0 fully saturated rings. The second kappa shape index (κ2) is 11.0. The summed E-state index contributed by atoms with van der Waals surface area (Å²) >= 11 is 0. The molecule has 0 radical (unpaired) electrons. The van der Waals surface area contributed by atoms with Gasteiger partial charge in [-0.1, -0.05) is 48.0 Å². The highest BCUT2D eigenvalue weighted by Crippen LogP contribution is 2.35. The molecule has 206 valence electrons. The number of benzene rings is 3. The van der Waals surface area contributed by atoms with Gasteiger partial charge in [0.2, 0.25) is 11.8 Å². The Kier molecular flexibility index (Phi) is 7.47. The highest BCUT2D eigenvalue weighted by molar-refractivity contribution is 5.98. The van der Waals surface area contributed by atoms with E-state index in [0.717, 1.165) is 42.5 Å². The van der Waals surface area contributed by atoms with Gasteiger partial charge in [0.1, 0.15) is 11.8 Å². The molecular formula is C31H27F3N2O4. The summed E-state index contributed by atoms with van der Waals surface area (Å²) < 4.78 is 44.6. The van der Waals surface area contributed by atoms with Crippen molar-refractivity contribution in [2.24, 2.45) is 5.73 Å². The van der Waals surface area contributed by atoms with Crippen molar-refractivity contribution in [1.82, 2.24) is 4.90 Å². The first-order valence-corrected chi connectivity index (χ1v) is 13.0. The second-order valence-electron chi connectivity index (χ2n) is 9.94. The number of esters is 1. The number of rotatable bonds is 6. The Morgan fingerprint density at radius 3 is 2.40 bits per heavy atom. The quantitative estimate of drug-likeness (QED) is 0.232. The SMILES string of the molecule is NC(=O)C1c2ccc(OC(=O)c3ccccc3-c3ccc(C(F)(F)F)cc3)cc2CCN1C(=O)CC1=CCCC1. The van der Waals surface area contributed by atoms with Gasteiger partial charge in [0.25, 0.3) is 0 Å². The van der Waals surface area contributed by atoms with Gasteiger partial charge in [0.05, 0.1) is 11.1 Å². The number of ether oxygens (including phenoxy) is 1. The number of carbonyl (C=O) groups is 3. The zero-order chi connectivity index (χ0) is 28.4. The molecule has 0 aromatic heterocycles. The lowest BCUT2D eigenvalue weighted by Gasteiger charge is -2.35. The zero-order valence-corrected chi connectivity index (χ0v) is 21.5. The highest BCUT2D eigenvalue weighted by atomic mass is 19.4. The largest absolute Gasteiger partial charge is 0.423 e. The van der Waals surface area contributed by atoms with Crippen molar-refractivity contribution in [2.75, 3.05) is 6.54 Å². The monoisotopic (exact) mass is 548 g/mol. The van der Waals surface area contributed by atoms with Crippen LogP contribution in [0.2, 0.25) is 0 Å². The van der Waals surface area contributed by atoms with Gasteiger partial charge in [-0.3, -0.25) is 9.59 Å². The van der Waals surface area contributed by atoms with E-state index >= 15 is 0 Å². The van der Waals surface area contributed by atoms with E-state index in [1.165, 1.54) is 17.0 Å². The highest BCUT2D eigenvalue weighted by Gasteiger charge is 2.35. The fraction of sp³-hybridized carbons (Fsp3) is 0.258. The predicted octanol–water partition coefficient (Wildman–Crippen LogP) is 6.00. The van der Waals surface area contributed by atoms with Gasteiger partial charge in [-0.05, 0) is 78.3 Å². The van der Waals surface area contributed by atoms with Crippen molar-refractivity contribution in [3.63, 3.8) is 0 Å². The van der Waals surface area contributed by atoms with E-state index < -0.39 is 29.7 Å². The number of hydrogen-bond acceptors (Lipinski definition) is 4. The minimum absolute atomic E-state index is 0.141. The number of fused-ring (bicyclic) bond motifs is 1. The third-order valence-electron chi connectivity index (χ3n) is 7.33. The molecular weight excluding hydrogens is 521 g/mol. The third kappa shape index (κ3) is 5.64. The Morgan fingerprint density at radius 1 is 0.975 bits per heavy atom. The van der Waals surface area contributed by atoms with Crippen molar-refractivity contribution in [3.8, 4) is 16.9 Å². The first-order chi connectivity index (χ1) is 19.1. The van der Waals surface area contributed by atoms with E-state index in [-0.39, 0.29) is 23.6 Å². The summed E-state index contributed by atoms with van der Waals surface area (Å²) in [6, 6.07) is 15.0. The Hall–Kier alpha value is -4.40. The normalized spacial score (nSPS) is 16.7. The molecule has 0 spiro atoms. The van der Waals surface area contributed by atoms with E-state index in [0.29, 0.717) is 29.7 Å². The molecule has 1 aliphatic carbocycles. The molecule has 3 aromatic carbocycles. The molecule has 0 saturated carbocycles. The van der Waals surface area contributed by atoms with Crippen molar-refractivity contribution in [2.45, 2.75) is 44.3 Å². The number of carbonyl (C=O) groups excluding carboxylic acids is 3. The maximum absolute atomic E-state index is 13.1. The Balaban J connectivity index is 1.35. The number of nitrogens with two attached hydrogens (primary N) is 1. The maximum Gasteiger partial charge on any atom is 0.416 e. The number of alkyl halides is 3. The fourth-order valence-corrected chi connectivity index (χ4v) is 5.35. The predicted molar refractivity (Wildman–Crippen MR) is 142 cm³/mol. The topological polar surface area (TPSA) is 89.7 Å². The average molecular weight is 549 g/mol. The molecule has 3 aromatic rings. The van der Waals surface area contributed by atoms with Crippen LogP contribution in [0, 0.1) is 0 Å². The third-order valence-corrected chi connectivity index (χ3v) is 7.33. The van der Waals surface area contributed by atoms with Gasteiger partial charge in [-0.25, -0.2) is 4.79 Å². The summed E-state index contributed by atoms with van der Waals surface area (Å²) in [5, 5.41) is 0. The van der Waals surface area contributed by atoms with Gasteiger partial charge in [0.15, 0.2) is 0 Å². The maximum atomic E-state index is 13.1. The lowest BCUT2D eigenvalue weighted by molar-refractivity contribution is -0.139. The first kappa shape index (κ1) is 27.2. The Morgan fingerprint density at radius 2 is 1.73 bits per heavy atom. The second-order valence-corrected chi connectivity index (χ2v) is 9.94. The Labute approximate surface area is 229 Å². The van der Waals surface area contributed by atoms with Gasteiger partial charge < -0.3 is 15.4 Å². The molecule has 40 heavy (non-hydrogen) atoms. The number of primary amides is 1. The molecule has 6 nitrogen and oxygen atoms in total. The molecule has 1 aliphatic heterocycles. The van der Waals surface area contributed by atoms with Crippen molar-refractivity contribution >= 4 is 17.8 Å². The minimum atomic E-state index is -4.46. The number of halogens is 3. The first-order valence-electron chi connectivity index (χ1n) is 13.0. The molecule has 2 amide bonds. The van der Waals surface area contributed by atoms with Gasteiger partial charge >= 0.3 is 12.1 Å². The summed E-state index contributed by atoms with van der Waals surface area (Å²) in [6.07, 6.45) is 1.21. The number of hydrogen-bond donors (Lipinski definition) is 1. The standard InChI is InChI=1S/C31H27F3N2O4/c32-31(33,34)22-11-9-20(10-12-22)24-7-3-4-8-26(24)30(39)40-23-13-14-25-21(18-23)15-16-36(28(25)29(35)38)27(37)17-19-5-1-2-6-19/h3-5,7-14,18,28H,1-2,6,15-17H2,(H2,35,38). The zero-order valence-electron chi connectivity index (χ0n) is 21.5. The number of nitrogens with zero attached hydrogens (tertiary/aromatic N) is 1. The molecule has 2 N–H and O–H groups in total. The summed E-state index contributed by atoms with van der Waals surface area (Å²) in [5.41, 5.74) is 8.42. The van der Waals surface area contributed by atoms with Gasteiger partial charge in [0, 0.05) is 13.0 Å². The lowest BCUT2D eigenvalue weighted by atomic mass is 9.91. The van der Waals surface area contributed by atoms with Crippen LogP contribution in [0.5, 0.6) is 5.75 Å². The molecule has 0 saturated heterocycles. The van der Waals surface area contributed by atoms with E-state index in [1.807, 2.05) is 0 Å². The van der Waals surface area contributed by atoms with Gasteiger partial charge in [-0.15, -0.1) is 0 Å². The molecule has 1 unspecified atom stereocenters. The van der Waals surface area contributed by atoms with Crippen LogP contribution in [-0.4, -0.2) is 29.2 Å². The van der Waals surface area contributed by atoms with Crippen LogP contribution in [0.3, 0.4) is 0 Å². The summed E-state index contributed by atoms with van der Waals surface area (Å²) in [5.74, 6) is -1.22. The van der Waals surface area contributed by atoms with E-state index in [9.17, 15) is 27.6 Å². The summed E-state index contributed by atoms with van der Waals surface area (Å²) in [7, 11) is 0. The number of allylic oxidation sites excluding steroid dienone is 1. The molecule has 9 heteroatoms. The van der Waals surface area contributed by atoms with Crippen LogP contribution in [-0.2, 0) is 22.2 Å². The minimum Gasteiger partial charge on any atom is -0.423 e. The number of amides is 2. The molecule has 5 rings (SSSR count). The van der Waals surface area contributed by atoms with Crippen LogP contribution in [0.15, 0.2) is 78.4 Å². The van der Waals surface area contributed by atoms with E-state index in [4.69, 9.17) is 10.5 Å². The molecule has 0 bridgehead atoms. The van der Waals surface area contributed by atoms with Gasteiger partial charge in [-0.2, -0.15) is 13.2 Å². The van der Waals surface area contributed by atoms with Crippen molar-refractivity contribution < 1.29 is 32.3 Å². The Bertz CT molecular complexity index is 1500. The lowest BCUT2D eigenvalue weighted by Crippen LogP contribution is -2.45. The molecule has 1 atom stereocenters. The fourth-order valence-electron chi connectivity index (χ4n) is 5.35. The van der Waals surface area contributed by atoms with Crippen LogP contribution < -0.4 is 10.5 Å².